The molecule has 122 valence electrons. The average Bonchev–Trinajstić information content (AvgIpc) is 3.34. The summed E-state index contributed by atoms with van der Waals surface area (Å²) in [6.07, 6.45) is 2.35. The molecule has 0 bridgehead atoms. The van der Waals surface area contributed by atoms with Crippen LogP contribution in [0.3, 0.4) is 0 Å². The Morgan fingerprint density at radius 2 is 2.12 bits per heavy atom. The van der Waals surface area contributed by atoms with Gasteiger partial charge < -0.3 is 5.11 Å². The molecule has 5 nitrogen and oxygen atoms in total. The Bertz CT molecular complexity index is 966. The summed E-state index contributed by atoms with van der Waals surface area (Å²) in [6.45, 7) is 0.396. The van der Waals surface area contributed by atoms with E-state index in [0.29, 0.717) is 22.6 Å². The molecule has 1 aliphatic rings. The minimum atomic E-state index is -1.31. The van der Waals surface area contributed by atoms with Gasteiger partial charge in [0, 0.05) is 11.6 Å². The van der Waals surface area contributed by atoms with Gasteiger partial charge in [0.15, 0.2) is 0 Å². The van der Waals surface area contributed by atoms with Gasteiger partial charge in [-0.05, 0) is 53.0 Å². The first-order chi connectivity index (χ1) is 11.5. The zero-order valence-electron chi connectivity index (χ0n) is 12.5. The Hall–Kier alpha value is -2.28. The molecule has 0 saturated heterocycles. The maximum Gasteiger partial charge on any atom is 0.339 e. The molecule has 7 heteroatoms. The van der Waals surface area contributed by atoms with E-state index in [-0.39, 0.29) is 10.9 Å². The molecule has 1 saturated carbocycles. The SMILES string of the molecule is O=C(O)c1c(F)ccc2c1c(Br)nn2Cc1cccc(C2CC2)n1. The van der Waals surface area contributed by atoms with Gasteiger partial charge in [-0.1, -0.05) is 6.07 Å². The topological polar surface area (TPSA) is 68.0 Å². The lowest BCUT2D eigenvalue weighted by Gasteiger charge is -2.06. The number of pyridine rings is 1. The molecule has 1 aliphatic carbocycles. The largest absolute Gasteiger partial charge is 0.478 e. The molecule has 0 atom stereocenters. The number of carboxylic acid groups (broad SMARTS) is 1. The lowest BCUT2D eigenvalue weighted by molar-refractivity contribution is 0.0694. The van der Waals surface area contributed by atoms with E-state index in [4.69, 9.17) is 0 Å². The minimum Gasteiger partial charge on any atom is -0.478 e. The van der Waals surface area contributed by atoms with Crippen LogP contribution in [0.1, 0.15) is 40.5 Å². The van der Waals surface area contributed by atoms with Crippen LogP contribution in [0.4, 0.5) is 4.39 Å². The Morgan fingerprint density at radius 1 is 1.33 bits per heavy atom. The van der Waals surface area contributed by atoms with Gasteiger partial charge in [0.2, 0.25) is 0 Å². The quantitative estimate of drug-likeness (QED) is 0.733. The summed E-state index contributed by atoms with van der Waals surface area (Å²) in [5.74, 6) is -1.53. The molecule has 4 rings (SSSR count). The van der Waals surface area contributed by atoms with E-state index in [9.17, 15) is 14.3 Å². The third-order valence-electron chi connectivity index (χ3n) is 4.17. The fraction of sp³-hybridized carbons (Fsp3) is 0.235. The zero-order chi connectivity index (χ0) is 16.8. The summed E-state index contributed by atoms with van der Waals surface area (Å²) < 4.78 is 15.8. The lowest BCUT2D eigenvalue weighted by atomic mass is 10.1. The first-order valence-corrected chi connectivity index (χ1v) is 8.37. The number of aromatic carboxylic acids is 1. The first-order valence-electron chi connectivity index (χ1n) is 7.58. The van der Waals surface area contributed by atoms with Gasteiger partial charge in [-0.2, -0.15) is 5.10 Å². The molecule has 1 fully saturated rings. The van der Waals surface area contributed by atoms with Crippen LogP contribution in [0.2, 0.25) is 0 Å². The molecule has 24 heavy (non-hydrogen) atoms. The number of rotatable bonds is 4. The van der Waals surface area contributed by atoms with E-state index in [0.717, 1.165) is 17.5 Å². The van der Waals surface area contributed by atoms with Gasteiger partial charge in [0.1, 0.15) is 16.0 Å². The molecule has 0 unspecified atom stereocenters. The van der Waals surface area contributed by atoms with Gasteiger partial charge >= 0.3 is 5.97 Å². The number of aromatic nitrogens is 3. The number of nitrogens with zero attached hydrogens (tertiary/aromatic N) is 3. The highest BCUT2D eigenvalue weighted by atomic mass is 79.9. The van der Waals surface area contributed by atoms with Gasteiger partial charge in [-0.25, -0.2) is 9.18 Å². The van der Waals surface area contributed by atoms with E-state index < -0.39 is 11.8 Å². The third-order valence-corrected chi connectivity index (χ3v) is 4.73. The monoisotopic (exact) mass is 389 g/mol. The van der Waals surface area contributed by atoms with Gasteiger partial charge in [-0.3, -0.25) is 9.67 Å². The Morgan fingerprint density at radius 3 is 2.83 bits per heavy atom. The zero-order valence-corrected chi connectivity index (χ0v) is 14.1. The molecule has 0 spiro atoms. The molecule has 3 aromatic rings. The predicted octanol–water partition coefficient (Wildman–Crippen LogP) is 3.96. The molecular weight excluding hydrogens is 377 g/mol. The molecule has 2 heterocycles. The number of benzene rings is 1. The standard InChI is InChI=1S/C17H13BrFN3O2/c18-16-15-13(7-6-11(19)14(15)17(23)24)22(21-16)8-10-2-1-3-12(20-10)9-4-5-9/h1-3,6-7,9H,4-5,8H2,(H,23,24). The van der Waals surface area contributed by atoms with Crippen molar-refractivity contribution in [1.29, 1.82) is 0 Å². The number of hydrogen-bond acceptors (Lipinski definition) is 3. The molecule has 0 amide bonds. The highest BCUT2D eigenvalue weighted by molar-refractivity contribution is 9.10. The lowest BCUT2D eigenvalue weighted by Crippen LogP contribution is -2.05. The van der Waals surface area contributed by atoms with Gasteiger partial charge in [0.05, 0.1) is 23.1 Å². The molecule has 0 aliphatic heterocycles. The molecule has 0 radical (unpaired) electrons. The summed E-state index contributed by atoms with van der Waals surface area (Å²) in [5.41, 5.74) is 2.11. The van der Waals surface area contributed by atoms with E-state index in [1.807, 2.05) is 18.2 Å². The summed E-state index contributed by atoms with van der Waals surface area (Å²) in [6, 6.07) is 8.61. The van der Waals surface area contributed by atoms with Crippen LogP contribution in [-0.2, 0) is 6.54 Å². The maximum absolute atomic E-state index is 13.9. The third kappa shape index (κ3) is 2.58. The second-order valence-electron chi connectivity index (χ2n) is 5.90. The fourth-order valence-corrected chi connectivity index (χ4v) is 3.47. The van der Waals surface area contributed by atoms with Crippen LogP contribution in [-0.4, -0.2) is 25.8 Å². The number of carboxylic acids is 1. The molecule has 2 aromatic heterocycles. The number of hydrogen-bond donors (Lipinski definition) is 1. The van der Waals surface area contributed by atoms with Gasteiger partial charge in [-0.15, -0.1) is 0 Å². The Balaban J connectivity index is 1.79. The van der Waals surface area contributed by atoms with Gasteiger partial charge in [0.25, 0.3) is 0 Å². The maximum atomic E-state index is 13.9. The van der Waals surface area contributed by atoms with Crippen molar-refractivity contribution in [3.63, 3.8) is 0 Å². The Labute approximate surface area is 145 Å². The second kappa shape index (κ2) is 5.66. The number of carbonyl (C=O) groups is 1. The highest BCUT2D eigenvalue weighted by Crippen LogP contribution is 2.39. The second-order valence-corrected chi connectivity index (χ2v) is 6.65. The van der Waals surface area contributed by atoms with Crippen molar-refractivity contribution in [1.82, 2.24) is 14.8 Å². The van der Waals surface area contributed by atoms with Crippen molar-refractivity contribution in [3.8, 4) is 0 Å². The van der Waals surface area contributed by atoms with Crippen LogP contribution in [0, 0.1) is 5.82 Å². The smallest absolute Gasteiger partial charge is 0.339 e. The van der Waals surface area contributed by atoms with Crippen molar-refractivity contribution in [3.05, 3.63) is 57.7 Å². The van der Waals surface area contributed by atoms with Crippen molar-refractivity contribution >= 4 is 32.8 Å². The van der Waals surface area contributed by atoms with Crippen LogP contribution in [0.25, 0.3) is 10.9 Å². The molecule has 1 aromatic carbocycles. The van der Waals surface area contributed by atoms with Crippen LogP contribution in [0.5, 0.6) is 0 Å². The molecule has 1 N–H and O–H groups in total. The number of halogens is 2. The summed E-state index contributed by atoms with van der Waals surface area (Å²) in [4.78, 5) is 16.0. The van der Waals surface area contributed by atoms with E-state index in [1.54, 1.807) is 10.7 Å². The van der Waals surface area contributed by atoms with E-state index >= 15 is 0 Å². The normalized spacial score (nSPS) is 14.2. The van der Waals surface area contributed by atoms with Crippen molar-refractivity contribution < 1.29 is 14.3 Å². The molecular formula is C17H13BrFN3O2. The fourth-order valence-electron chi connectivity index (χ4n) is 2.88. The minimum absolute atomic E-state index is 0.265. The van der Waals surface area contributed by atoms with Crippen LogP contribution < -0.4 is 0 Å². The van der Waals surface area contributed by atoms with Crippen LogP contribution >= 0.6 is 15.9 Å². The summed E-state index contributed by atoms with van der Waals surface area (Å²) in [7, 11) is 0. The van der Waals surface area contributed by atoms with Crippen molar-refractivity contribution in [2.75, 3.05) is 0 Å². The van der Waals surface area contributed by atoms with E-state index in [2.05, 4.69) is 26.0 Å². The van der Waals surface area contributed by atoms with Crippen molar-refractivity contribution in [2.24, 2.45) is 0 Å². The first kappa shape index (κ1) is 15.3. The number of fused-ring (bicyclic) bond motifs is 1. The predicted molar refractivity (Wildman–Crippen MR) is 89.7 cm³/mol. The average molecular weight is 390 g/mol. The van der Waals surface area contributed by atoms with Crippen molar-refractivity contribution in [2.45, 2.75) is 25.3 Å². The highest BCUT2D eigenvalue weighted by Gasteiger charge is 2.25. The summed E-state index contributed by atoms with van der Waals surface area (Å²) >= 11 is 3.25. The van der Waals surface area contributed by atoms with E-state index in [1.165, 1.54) is 12.8 Å². The summed E-state index contributed by atoms with van der Waals surface area (Å²) in [5, 5.41) is 13.9. The Kier molecular flexibility index (Phi) is 3.60. The van der Waals surface area contributed by atoms with Crippen LogP contribution in [0.15, 0.2) is 34.9 Å².